The van der Waals surface area contributed by atoms with Crippen LogP contribution in [-0.2, 0) is 0 Å². The fourth-order valence-corrected chi connectivity index (χ4v) is 1.92. The Balaban J connectivity index is 2.96. The molecule has 0 spiro atoms. The van der Waals surface area contributed by atoms with Crippen molar-refractivity contribution in [3.8, 4) is 0 Å². The minimum atomic E-state index is -0.102. The number of carbonyl (C=O) groups is 1. The van der Waals surface area contributed by atoms with Crippen LogP contribution in [0.25, 0.3) is 0 Å². The molecule has 0 aliphatic rings. The topological polar surface area (TPSA) is 20.3 Å². The van der Waals surface area contributed by atoms with Gasteiger partial charge >= 0.3 is 0 Å². The fraction of sp³-hybridized carbons (Fsp3) is 0.250. The van der Waals surface area contributed by atoms with Gasteiger partial charge in [0.2, 0.25) is 0 Å². The summed E-state index contributed by atoms with van der Waals surface area (Å²) >= 11 is 9.35. The maximum absolute atomic E-state index is 12.0. The number of hydrogen-bond acceptors (Lipinski definition) is 1. The Labute approximate surface area is 109 Å². The average Bonchev–Trinajstić information content (AvgIpc) is 2.20. The number of halogens is 2. The van der Waals surface area contributed by atoms with Gasteiger partial charge in [-0.2, -0.15) is 0 Å². The molecule has 0 aromatic heterocycles. The van der Waals surface area contributed by atoms with Crippen molar-refractivity contribution in [1.82, 2.24) is 4.90 Å². The van der Waals surface area contributed by atoms with Crippen LogP contribution in [0.1, 0.15) is 17.3 Å². The standard InChI is InChI=1S/C12H13BrClNO/c1-8(2)7-15(3)12(16)9-5-4-6-10(13)11(9)14/h4-6H,1,7H2,2-3H3. The summed E-state index contributed by atoms with van der Waals surface area (Å²) in [4.78, 5) is 13.6. The average molecular weight is 303 g/mol. The molecule has 86 valence electrons. The molecule has 16 heavy (non-hydrogen) atoms. The highest BCUT2D eigenvalue weighted by Gasteiger charge is 2.16. The lowest BCUT2D eigenvalue weighted by Crippen LogP contribution is -2.28. The number of benzene rings is 1. The van der Waals surface area contributed by atoms with Gasteiger partial charge in [0.15, 0.2) is 0 Å². The van der Waals surface area contributed by atoms with E-state index >= 15 is 0 Å². The van der Waals surface area contributed by atoms with E-state index in [4.69, 9.17) is 11.6 Å². The van der Waals surface area contributed by atoms with Crippen LogP contribution in [0, 0.1) is 0 Å². The molecule has 1 aromatic rings. The molecule has 0 aliphatic carbocycles. The van der Waals surface area contributed by atoms with E-state index in [9.17, 15) is 4.79 Å². The Morgan fingerprint density at radius 3 is 2.75 bits per heavy atom. The van der Waals surface area contributed by atoms with Gasteiger partial charge in [0.05, 0.1) is 10.6 Å². The van der Waals surface area contributed by atoms with Crippen LogP contribution in [0.2, 0.25) is 5.02 Å². The summed E-state index contributed by atoms with van der Waals surface area (Å²) in [6.45, 7) is 6.19. The van der Waals surface area contributed by atoms with Crippen LogP contribution < -0.4 is 0 Å². The van der Waals surface area contributed by atoms with E-state index < -0.39 is 0 Å². The number of likely N-dealkylation sites (N-methyl/N-ethyl adjacent to an activating group) is 1. The van der Waals surface area contributed by atoms with Crippen molar-refractivity contribution in [2.75, 3.05) is 13.6 Å². The Hall–Kier alpha value is -0.800. The van der Waals surface area contributed by atoms with Gasteiger partial charge in [-0.1, -0.05) is 29.8 Å². The third-order valence-electron chi connectivity index (χ3n) is 2.04. The number of rotatable bonds is 3. The first-order chi connectivity index (χ1) is 7.43. The molecule has 0 saturated carbocycles. The molecule has 0 saturated heterocycles. The van der Waals surface area contributed by atoms with E-state index in [0.29, 0.717) is 17.1 Å². The zero-order valence-corrected chi connectivity index (χ0v) is 11.6. The van der Waals surface area contributed by atoms with Crippen LogP contribution in [0.4, 0.5) is 0 Å². The monoisotopic (exact) mass is 301 g/mol. The second kappa shape index (κ2) is 5.51. The molecule has 0 heterocycles. The van der Waals surface area contributed by atoms with Gasteiger partial charge < -0.3 is 4.90 Å². The van der Waals surface area contributed by atoms with Gasteiger partial charge in [-0.15, -0.1) is 0 Å². The van der Waals surface area contributed by atoms with Gasteiger partial charge in [-0.3, -0.25) is 4.79 Å². The van der Waals surface area contributed by atoms with Crippen molar-refractivity contribution in [1.29, 1.82) is 0 Å². The maximum atomic E-state index is 12.0. The van der Waals surface area contributed by atoms with Gasteiger partial charge in [0, 0.05) is 18.1 Å². The van der Waals surface area contributed by atoms with Crippen LogP contribution in [0.15, 0.2) is 34.8 Å². The molecule has 0 fully saturated rings. The van der Waals surface area contributed by atoms with Crippen molar-refractivity contribution in [3.05, 3.63) is 45.4 Å². The van der Waals surface area contributed by atoms with Crippen LogP contribution in [0.5, 0.6) is 0 Å². The molecular formula is C12H13BrClNO. The predicted octanol–water partition coefficient (Wildman–Crippen LogP) is 3.75. The highest BCUT2D eigenvalue weighted by atomic mass is 79.9. The third-order valence-corrected chi connectivity index (χ3v) is 3.33. The third kappa shape index (κ3) is 3.09. The number of nitrogens with zero attached hydrogens (tertiary/aromatic N) is 1. The van der Waals surface area contributed by atoms with E-state index in [1.807, 2.05) is 6.92 Å². The van der Waals surface area contributed by atoms with Crippen molar-refractivity contribution in [3.63, 3.8) is 0 Å². The summed E-state index contributed by atoms with van der Waals surface area (Å²) in [6, 6.07) is 5.31. The lowest BCUT2D eigenvalue weighted by Gasteiger charge is -2.18. The van der Waals surface area contributed by atoms with Crippen molar-refractivity contribution < 1.29 is 4.79 Å². The largest absolute Gasteiger partial charge is 0.338 e. The maximum Gasteiger partial charge on any atom is 0.255 e. The Morgan fingerprint density at radius 2 is 2.19 bits per heavy atom. The second-order valence-corrected chi connectivity index (χ2v) is 4.95. The van der Waals surface area contributed by atoms with E-state index in [1.54, 1.807) is 30.1 Å². The fourth-order valence-electron chi connectivity index (χ4n) is 1.35. The van der Waals surface area contributed by atoms with Crippen molar-refractivity contribution >= 4 is 33.4 Å². The molecule has 0 radical (unpaired) electrons. The number of hydrogen-bond donors (Lipinski definition) is 0. The van der Waals surface area contributed by atoms with Gasteiger partial charge in [0.25, 0.3) is 5.91 Å². The summed E-state index contributed by atoms with van der Waals surface area (Å²) in [5.74, 6) is -0.102. The summed E-state index contributed by atoms with van der Waals surface area (Å²) in [7, 11) is 1.73. The molecule has 0 atom stereocenters. The van der Waals surface area contributed by atoms with Crippen LogP contribution in [0.3, 0.4) is 0 Å². The van der Waals surface area contributed by atoms with Gasteiger partial charge in [0.1, 0.15) is 0 Å². The van der Waals surface area contributed by atoms with E-state index in [0.717, 1.165) is 10.0 Å². The zero-order chi connectivity index (χ0) is 12.3. The summed E-state index contributed by atoms with van der Waals surface area (Å²) in [5.41, 5.74) is 1.43. The summed E-state index contributed by atoms with van der Waals surface area (Å²) < 4.78 is 0.726. The highest BCUT2D eigenvalue weighted by Crippen LogP contribution is 2.26. The zero-order valence-electron chi connectivity index (χ0n) is 9.26. The lowest BCUT2D eigenvalue weighted by atomic mass is 10.2. The van der Waals surface area contributed by atoms with Crippen molar-refractivity contribution in [2.45, 2.75) is 6.92 Å². The number of amides is 1. The summed E-state index contributed by atoms with van der Waals surface area (Å²) in [6.07, 6.45) is 0. The molecule has 1 aromatic carbocycles. The van der Waals surface area contributed by atoms with Crippen LogP contribution >= 0.6 is 27.5 Å². The first-order valence-corrected chi connectivity index (χ1v) is 5.94. The summed E-state index contributed by atoms with van der Waals surface area (Å²) in [5, 5.41) is 0.445. The Morgan fingerprint density at radius 1 is 1.56 bits per heavy atom. The molecule has 1 rings (SSSR count). The quantitative estimate of drug-likeness (QED) is 0.779. The Kier molecular flexibility index (Phi) is 4.56. The Bertz CT molecular complexity index is 431. The van der Waals surface area contributed by atoms with E-state index in [1.165, 1.54) is 0 Å². The van der Waals surface area contributed by atoms with Crippen molar-refractivity contribution in [2.24, 2.45) is 0 Å². The SMILES string of the molecule is C=C(C)CN(C)C(=O)c1cccc(Br)c1Cl. The van der Waals surface area contributed by atoms with Crippen LogP contribution in [-0.4, -0.2) is 24.4 Å². The minimum Gasteiger partial charge on any atom is -0.338 e. The molecule has 4 heteroatoms. The molecular weight excluding hydrogens is 289 g/mol. The lowest BCUT2D eigenvalue weighted by molar-refractivity contribution is 0.0807. The molecule has 0 aliphatic heterocycles. The second-order valence-electron chi connectivity index (χ2n) is 3.72. The van der Waals surface area contributed by atoms with Gasteiger partial charge in [-0.25, -0.2) is 0 Å². The predicted molar refractivity (Wildman–Crippen MR) is 70.9 cm³/mol. The smallest absolute Gasteiger partial charge is 0.255 e. The van der Waals surface area contributed by atoms with E-state index in [2.05, 4.69) is 22.5 Å². The number of carbonyl (C=O) groups excluding carboxylic acids is 1. The normalized spacial score (nSPS) is 10.0. The first kappa shape index (κ1) is 13.3. The molecule has 2 nitrogen and oxygen atoms in total. The van der Waals surface area contributed by atoms with Gasteiger partial charge in [-0.05, 0) is 35.0 Å². The molecule has 1 amide bonds. The molecule has 0 bridgehead atoms. The molecule has 0 unspecified atom stereocenters. The molecule has 0 N–H and O–H groups in total. The first-order valence-electron chi connectivity index (χ1n) is 4.77. The van der Waals surface area contributed by atoms with E-state index in [-0.39, 0.29) is 5.91 Å². The highest BCUT2D eigenvalue weighted by molar-refractivity contribution is 9.10. The minimum absolute atomic E-state index is 0.102.